The van der Waals surface area contributed by atoms with Crippen molar-refractivity contribution in [3.8, 4) is 0 Å². The summed E-state index contributed by atoms with van der Waals surface area (Å²) in [6.45, 7) is 0.414. The van der Waals surface area contributed by atoms with Gasteiger partial charge in [0.25, 0.3) is 10.1 Å². The first-order valence-corrected chi connectivity index (χ1v) is 9.28. The second-order valence-electron chi connectivity index (χ2n) is 4.89. The first kappa shape index (κ1) is 14.6. The molecule has 0 N–H and O–H groups in total. The second kappa shape index (κ2) is 5.78. The Balaban J connectivity index is 1.72. The zero-order valence-electron chi connectivity index (χ0n) is 11.5. The van der Waals surface area contributed by atoms with Crippen LogP contribution in [0.1, 0.15) is 11.4 Å². The molecule has 0 bridgehead atoms. The van der Waals surface area contributed by atoms with E-state index in [1.165, 1.54) is 11.8 Å². The molecule has 1 aromatic heterocycles. The SMILES string of the molecule is CS(=O)(=O)OC1CSc2nc(Cc3ccccc3)nn2C1. The van der Waals surface area contributed by atoms with Crippen molar-refractivity contribution in [2.24, 2.45) is 0 Å². The third kappa shape index (κ3) is 3.84. The number of fused-ring (bicyclic) bond motifs is 1. The highest BCUT2D eigenvalue weighted by atomic mass is 32.2. The molecule has 0 fully saturated rings. The molecule has 0 aliphatic carbocycles. The van der Waals surface area contributed by atoms with Crippen molar-refractivity contribution < 1.29 is 12.6 Å². The largest absolute Gasteiger partial charge is 0.264 e. The molecule has 0 amide bonds. The molecule has 1 aromatic carbocycles. The highest BCUT2D eigenvalue weighted by Gasteiger charge is 2.25. The van der Waals surface area contributed by atoms with Crippen molar-refractivity contribution in [1.29, 1.82) is 0 Å². The van der Waals surface area contributed by atoms with Gasteiger partial charge in [0.2, 0.25) is 0 Å². The third-order valence-electron chi connectivity index (χ3n) is 2.97. The molecule has 2 aromatic rings. The van der Waals surface area contributed by atoms with Crippen LogP contribution < -0.4 is 0 Å². The number of aromatic nitrogens is 3. The van der Waals surface area contributed by atoms with Crippen LogP contribution in [0.25, 0.3) is 0 Å². The molecule has 1 aliphatic heterocycles. The van der Waals surface area contributed by atoms with Crippen LogP contribution >= 0.6 is 11.8 Å². The average Bonchev–Trinajstić information content (AvgIpc) is 2.79. The Morgan fingerprint density at radius 3 is 2.86 bits per heavy atom. The number of nitrogens with zero attached hydrogens (tertiary/aromatic N) is 3. The van der Waals surface area contributed by atoms with Crippen LogP contribution in [0.5, 0.6) is 0 Å². The van der Waals surface area contributed by atoms with Crippen LogP contribution in [-0.4, -0.2) is 41.3 Å². The molecular weight excluding hydrogens is 310 g/mol. The second-order valence-corrected chi connectivity index (χ2v) is 7.48. The van der Waals surface area contributed by atoms with E-state index in [1.807, 2.05) is 30.3 Å². The minimum atomic E-state index is -3.44. The van der Waals surface area contributed by atoms with Crippen molar-refractivity contribution >= 4 is 21.9 Å². The van der Waals surface area contributed by atoms with Crippen molar-refractivity contribution in [3.05, 3.63) is 41.7 Å². The summed E-state index contributed by atoms with van der Waals surface area (Å²) in [4.78, 5) is 4.49. The maximum Gasteiger partial charge on any atom is 0.264 e. The molecular formula is C13H15N3O3S2. The van der Waals surface area contributed by atoms with Gasteiger partial charge < -0.3 is 0 Å². The lowest BCUT2D eigenvalue weighted by Crippen LogP contribution is -2.29. The number of hydrogen-bond acceptors (Lipinski definition) is 6. The van der Waals surface area contributed by atoms with Crippen LogP contribution in [0.15, 0.2) is 35.5 Å². The summed E-state index contributed by atoms with van der Waals surface area (Å²) < 4.78 is 29.1. The molecule has 0 saturated heterocycles. The molecule has 0 saturated carbocycles. The molecule has 21 heavy (non-hydrogen) atoms. The van der Waals surface area contributed by atoms with E-state index in [9.17, 15) is 8.42 Å². The number of benzene rings is 1. The number of rotatable bonds is 4. The van der Waals surface area contributed by atoms with Gasteiger partial charge in [0.05, 0.1) is 12.8 Å². The molecule has 8 heteroatoms. The molecule has 3 rings (SSSR count). The van der Waals surface area contributed by atoms with Crippen LogP contribution in [0.3, 0.4) is 0 Å². The minimum Gasteiger partial charge on any atom is -0.264 e. The van der Waals surface area contributed by atoms with Gasteiger partial charge in [0.15, 0.2) is 11.0 Å². The zero-order valence-corrected chi connectivity index (χ0v) is 13.1. The lowest BCUT2D eigenvalue weighted by molar-refractivity contribution is 0.198. The molecule has 112 valence electrons. The van der Waals surface area contributed by atoms with Gasteiger partial charge in [-0.2, -0.15) is 13.5 Å². The molecule has 6 nitrogen and oxygen atoms in total. The summed E-state index contributed by atoms with van der Waals surface area (Å²) in [6.07, 6.45) is 1.35. The minimum absolute atomic E-state index is 0.385. The first-order chi connectivity index (χ1) is 9.99. The predicted molar refractivity (Wildman–Crippen MR) is 79.7 cm³/mol. The Morgan fingerprint density at radius 1 is 1.38 bits per heavy atom. The van der Waals surface area contributed by atoms with Crippen molar-refractivity contribution in [1.82, 2.24) is 14.8 Å². The van der Waals surface area contributed by atoms with E-state index in [0.29, 0.717) is 18.7 Å². The van der Waals surface area contributed by atoms with Gasteiger partial charge in [-0.1, -0.05) is 42.1 Å². The molecule has 0 spiro atoms. The smallest absolute Gasteiger partial charge is 0.264 e. The van der Waals surface area contributed by atoms with Crippen LogP contribution in [0, 0.1) is 0 Å². The van der Waals surface area contributed by atoms with E-state index >= 15 is 0 Å². The van der Waals surface area contributed by atoms with E-state index in [4.69, 9.17) is 4.18 Å². The van der Waals surface area contributed by atoms with Gasteiger partial charge in [-0.3, -0.25) is 4.18 Å². The van der Waals surface area contributed by atoms with Gasteiger partial charge >= 0.3 is 0 Å². The van der Waals surface area contributed by atoms with Gasteiger partial charge in [0.1, 0.15) is 6.10 Å². The van der Waals surface area contributed by atoms with Gasteiger partial charge in [0, 0.05) is 12.2 Å². The summed E-state index contributed by atoms with van der Waals surface area (Å²) in [5.41, 5.74) is 1.15. The Labute approximate surface area is 127 Å². The highest BCUT2D eigenvalue weighted by molar-refractivity contribution is 7.99. The van der Waals surface area contributed by atoms with Crippen LogP contribution in [-0.2, 0) is 27.3 Å². The normalized spacial score (nSPS) is 18.4. The summed E-state index contributed by atoms with van der Waals surface area (Å²) in [5.74, 6) is 1.31. The first-order valence-electron chi connectivity index (χ1n) is 6.48. The van der Waals surface area contributed by atoms with Crippen LogP contribution in [0.2, 0.25) is 0 Å². The van der Waals surface area contributed by atoms with Gasteiger partial charge in [-0.25, -0.2) is 9.67 Å². The number of thioether (sulfide) groups is 1. The van der Waals surface area contributed by atoms with Crippen molar-refractivity contribution in [3.63, 3.8) is 0 Å². The van der Waals surface area contributed by atoms with E-state index in [0.717, 1.165) is 22.8 Å². The van der Waals surface area contributed by atoms with E-state index < -0.39 is 10.1 Å². The maximum atomic E-state index is 11.2. The zero-order chi connectivity index (χ0) is 14.9. The van der Waals surface area contributed by atoms with Crippen molar-refractivity contribution in [2.75, 3.05) is 12.0 Å². The fourth-order valence-corrected chi connectivity index (χ4v) is 3.82. The highest BCUT2D eigenvalue weighted by Crippen LogP contribution is 2.25. The molecule has 2 heterocycles. The fourth-order valence-electron chi connectivity index (χ4n) is 2.17. The molecule has 1 atom stereocenters. The number of hydrogen-bond donors (Lipinski definition) is 0. The maximum absolute atomic E-state index is 11.2. The monoisotopic (exact) mass is 325 g/mol. The van der Waals surface area contributed by atoms with E-state index in [1.54, 1.807) is 4.68 Å². The van der Waals surface area contributed by atoms with E-state index in [2.05, 4.69) is 10.1 Å². The summed E-state index contributed by atoms with van der Waals surface area (Å²) in [7, 11) is -3.44. The Kier molecular flexibility index (Phi) is 4.01. The average molecular weight is 325 g/mol. The predicted octanol–water partition coefficient (Wildman–Crippen LogP) is 1.32. The van der Waals surface area contributed by atoms with Crippen LogP contribution in [0.4, 0.5) is 0 Å². The lowest BCUT2D eigenvalue weighted by Gasteiger charge is -2.20. The molecule has 1 aliphatic rings. The topological polar surface area (TPSA) is 74.1 Å². The molecule has 0 radical (unpaired) electrons. The lowest BCUT2D eigenvalue weighted by atomic mass is 10.1. The van der Waals surface area contributed by atoms with Gasteiger partial charge in [-0.05, 0) is 5.56 Å². The quantitative estimate of drug-likeness (QED) is 0.789. The fraction of sp³-hybridized carbons (Fsp3) is 0.385. The summed E-state index contributed by atoms with van der Waals surface area (Å²) in [6, 6.07) is 10.00. The Bertz CT molecular complexity index is 728. The third-order valence-corrected chi connectivity index (χ3v) is 4.69. The van der Waals surface area contributed by atoms with Gasteiger partial charge in [-0.15, -0.1) is 0 Å². The Morgan fingerprint density at radius 2 is 2.14 bits per heavy atom. The Hall–Kier alpha value is -1.38. The molecule has 1 unspecified atom stereocenters. The van der Waals surface area contributed by atoms with E-state index in [-0.39, 0.29) is 6.10 Å². The van der Waals surface area contributed by atoms with Crippen molar-refractivity contribution in [2.45, 2.75) is 24.2 Å². The summed E-state index contributed by atoms with van der Waals surface area (Å²) >= 11 is 1.47. The summed E-state index contributed by atoms with van der Waals surface area (Å²) in [5, 5.41) is 5.25. The standard InChI is InChI=1S/C13H15N3O3S2/c1-21(17,18)19-11-8-16-13(20-9-11)14-12(15-16)7-10-5-3-2-4-6-10/h2-6,11H,7-9H2,1H3.